The largest absolute Gasteiger partial charge is 0.380 e. The van der Waals surface area contributed by atoms with E-state index in [-0.39, 0.29) is 0 Å². The van der Waals surface area contributed by atoms with Crippen LogP contribution >= 0.6 is 0 Å². The monoisotopic (exact) mass is 188 g/mol. The van der Waals surface area contributed by atoms with E-state index in [1.165, 1.54) is 13.0 Å². The summed E-state index contributed by atoms with van der Waals surface area (Å²) < 4.78 is 5.41. The molecule has 0 unspecified atom stereocenters. The maximum absolute atomic E-state index is 5.41. The first-order chi connectivity index (χ1) is 6.31. The SMILES string of the molecule is CCCN(C)CCCOCCNC. The molecule has 80 valence electrons. The standard InChI is InChI=1S/C10H24N2O/c1-4-7-12(3)8-5-9-13-10-6-11-2/h11H,4-10H2,1-3H3. The minimum absolute atomic E-state index is 0.827. The summed E-state index contributed by atoms with van der Waals surface area (Å²) in [6.45, 7) is 7.21. The Bertz CT molecular complexity index is 98.9. The number of nitrogens with one attached hydrogen (secondary N) is 1. The van der Waals surface area contributed by atoms with Crippen molar-refractivity contribution in [1.29, 1.82) is 0 Å². The average molecular weight is 188 g/mol. The number of ether oxygens (including phenoxy) is 1. The van der Waals surface area contributed by atoms with Crippen LogP contribution in [0.25, 0.3) is 0 Å². The van der Waals surface area contributed by atoms with Crippen molar-refractivity contribution >= 4 is 0 Å². The summed E-state index contributed by atoms with van der Waals surface area (Å²) >= 11 is 0. The predicted molar refractivity (Wildman–Crippen MR) is 57.2 cm³/mol. The van der Waals surface area contributed by atoms with Crippen molar-refractivity contribution in [2.45, 2.75) is 19.8 Å². The maximum Gasteiger partial charge on any atom is 0.0590 e. The molecule has 0 spiro atoms. The molecule has 3 nitrogen and oxygen atoms in total. The van der Waals surface area contributed by atoms with E-state index in [1.54, 1.807) is 0 Å². The Hall–Kier alpha value is -0.120. The molecule has 0 aromatic heterocycles. The second-order valence-electron chi connectivity index (χ2n) is 3.37. The van der Waals surface area contributed by atoms with Gasteiger partial charge in [-0.05, 0) is 33.5 Å². The lowest BCUT2D eigenvalue weighted by molar-refractivity contribution is 0.126. The van der Waals surface area contributed by atoms with Gasteiger partial charge in [0.1, 0.15) is 0 Å². The normalized spacial score (nSPS) is 11.1. The van der Waals surface area contributed by atoms with E-state index in [2.05, 4.69) is 24.2 Å². The molecule has 0 aromatic rings. The lowest BCUT2D eigenvalue weighted by Crippen LogP contribution is -2.22. The Morgan fingerprint density at radius 3 is 2.62 bits per heavy atom. The van der Waals surface area contributed by atoms with Gasteiger partial charge in [-0.25, -0.2) is 0 Å². The Morgan fingerprint density at radius 2 is 2.00 bits per heavy atom. The fraction of sp³-hybridized carbons (Fsp3) is 1.00. The van der Waals surface area contributed by atoms with Crippen LogP contribution in [0.4, 0.5) is 0 Å². The van der Waals surface area contributed by atoms with Crippen molar-refractivity contribution in [3.05, 3.63) is 0 Å². The molecule has 0 heterocycles. The van der Waals surface area contributed by atoms with Gasteiger partial charge in [-0.3, -0.25) is 0 Å². The van der Waals surface area contributed by atoms with Crippen molar-refractivity contribution in [2.75, 3.05) is 46.9 Å². The molecule has 0 aliphatic heterocycles. The van der Waals surface area contributed by atoms with E-state index in [9.17, 15) is 0 Å². The van der Waals surface area contributed by atoms with Gasteiger partial charge in [0.15, 0.2) is 0 Å². The van der Waals surface area contributed by atoms with Gasteiger partial charge < -0.3 is 15.0 Å². The second kappa shape index (κ2) is 9.96. The first kappa shape index (κ1) is 12.9. The van der Waals surface area contributed by atoms with Crippen LogP contribution < -0.4 is 5.32 Å². The molecule has 0 rings (SSSR count). The predicted octanol–water partition coefficient (Wildman–Crippen LogP) is 0.954. The molecule has 0 radical (unpaired) electrons. The number of hydrogen-bond donors (Lipinski definition) is 1. The highest BCUT2D eigenvalue weighted by molar-refractivity contribution is 4.49. The van der Waals surface area contributed by atoms with Gasteiger partial charge in [0, 0.05) is 19.7 Å². The summed E-state index contributed by atoms with van der Waals surface area (Å²) in [5.74, 6) is 0. The number of likely N-dealkylation sites (N-methyl/N-ethyl adjacent to an activating group) is 1. The highest BCUT2D eigenvalue weighted by Crippen LogP contribution is 1.90. The average Bonchev–Trinajstić information content (AvgIpc) is 2.11. The first-order valence-electron chi connectivity index (χ1n) is 5.22. The molecule has 0 atom stereocenters. The zero-order chi connectivity index (χ0) is 9.94. The third-order valence-electron chi connectivity index (χ3n) is 1.93. The molecule has 0 saturated carbocycles. The highest BCUT2D eigenvalue weighted by Gasteiger charge is 1.95. The van der Waals surface area contributed by atoms with Crippen molar-refractivity contribution in [3.63, 3.8) is 0 Å². The second-order valence-corrected chi connectivity index (χ2v) is 3.37. The molecule has 0 aliphatic carbocycles. The first-order valence-corrected chi connectivity index (χ1v) is 5.22. The summed E-state index contributed by atoms with van der Waals surface area (Å²) in [6.07, 6.45) is 2.37. The van der Waals surface area contributed by atoms with Crippen LogP contribution in [0.1, 0.15) is 19.8 Å². The lowest BCUT2D eigenvalue weighted by atomic mass is 10.4. The van der Waals surface area contributed by atoms with Gasteiger partial charge in [0.25, 0.3) is 0 Å². The van der Waals surface area contributed by atoms with Crippen molar-refractivity contribution in [3.8, 4) is 0 Å². The summed E-state index contributed by atoms with van der Waals surface area (Å²) in [5.41, 5.74) is 0. The summed E-state index contributed by atoms with van der Waals surface area (Å²) in [5, 5.41) is 3.05. The molecule has 3 heteroatoms. The van der Waals surface area contributed by atoms with Crippen molar-refractivity contribution < 1.29 is 4.74 Å². The minimum atomic E-state index is 0.827. The summed E-state index contributed by atoms with van der Waals surface area (Å²) in [4.78, 5) is 2.35. The van der Waals surface area contributed by atoms with Gasteiger partial charge in [0.2, 0.25) is 0 Å². The van der Waals surface area contributed by atoms with Crippen LogP contribution in [-0.2, 0) is 4.74 Å². The van der Waals surface area contributed by atoms with Crippen LogP contribution in [0.15, 0.2) is 0 Å². The van der Waals surface area contributed by atoms with E-state index in [0.29, 0.717) is 0 Å². The molecule has 0 aliphatic rings. The molecule has 13 heavy (non-hydrogen) atoms. The quantitative estimate of drug-likeness (QED) is 0.545. The molecule has 0 saturated heterocycles. The van der Waals surface area contributed by atoms with Gasteiger partial charge in [-0.2, -0.15) is 0 Å². The van der Waals surface area contributed by atoms with Gasteiger partial charge >= 0.3 is 0 Å². The van der Waals surface area contributed by atoms with E-state index < -0.39 is 0 Å². The van der Waals surface area contributed by atoms with Crippen LogP contribution in [0.2, 0.25) is 0 Å². The van der Waals surface area contributed by atoms with Crippen LogP contribution in [-0.4, -0.2) is 51.8 Å². The molecular formula is C10H24N2O. The van der Waals surface area contributed by atoms with E-state index in [0.717, 1.165) is 32.7 Å². The highest BCUT2D eigenvalue weighted by atomic mass is 16.5. The Balaban J connectivity index is 2.97. The third-order valence-corrected chi connectivity index (χ3v) is 1.93. The zero-order valence-corrected chi connectivity index (χ0v) is 9.31. The Morgan fingerprint density at radius 1 is 1.23 bits per heavy atom. The van der Waals surface area contributed by atoms with E-state index in [1.807, 2.05) is 7.05 Å². The molecule has 0 bridgehead atoms. The smallest absolute Gasteiger partial charge is 0.0590 e. The molecule has 0 fully saturated rings. The van der Waals surface area contributed by atoms with E-state index >= 15 is 0 Å². The molecular weight excluding hydrogens is 164 g/mol. The van der Waals surface area contributed by atoms with Crippen molar-refractivity contribution in [2.24, 2.45) is 0 Å². The summed E-state index contributed by atoms with van der Waals surface area (Å²) in [6, 6.07) is 0. The fourth-order valence-corrected chi connectivity index (χ4v) is 1.21. The van der Waals surface area contributed by atoms with Crippen LogP contribution in [0, 0.1) is 0 Å². The van der Waals surface area contributed by atoms with Gasteiger partial charge in [-0.15, -0.1) is 0 Å². The number of hydrogen-bond acceptors (Lipinski definition) is 3. The zero-order valence-electron chi connectivity index (χ0n) is 9.31. The topological polar surface area (TPSA) is 24.5 Å². The van der Waals surface area contributed by atoms with E-state index in [4.69, 9.17) is 4.74 Å². The fourth-order valence-electron chi connectivity index (χ4n) is 1.21. The molecule has 0 amide bonds. The number of nitrogens with zero attached hydrogens (tertiary/aromatic N) is 1. The lowest BCUT2D eigenvalue weighted by Gasteiger charge is -2.14. The van der Waals surface area contributed by atoms with Gasteiger partial charge in [-0.1, -0.05) is 6.92 Å². The Kier molecular flexibility index (Phi) is 9.87. The Labute approximate surface area is 82.4 Å². The third kappa shape index (κ3) is 9.80. The van der Waals surface area contributed by atoms with Crippen LogP contribution in [0.3, 0.4) is 0 Å². The number of rotatable bonds is 9. The van der Waals surface area contributed by atoms with Crippen LogP contribution in [0.5, 0.6) is 0 Å². The maximum atomic E-state index is 5.41. The van der Waals surface area contributed by atoms with Crippen molar-refractivity contribution in [1.82, 2.24) is 10.2 Å². The minimum Gasteiger partial charge on any atom is -0.380 e. The molecule has 1 N–H and O–H groups in total. The van der Waals surface area contributed by atoms with Gasteiger partial charge in [0.05, 0.1) is 6.61 Å². The summed E-state index contributed by atoms with van der Waals surface area (Å²) in [7, 11) is 4.11. The molecule has 0 aromatic carbocycles.